The molecule has 0 aliphatic carbocycles. The summed E-state index contributed by atoms with van der Waals surface area (Å²) >= 11 is 0. The molecule has 0 radical (unpaired) electrons. The predicted octanol–water partition coefficient (Wildman–Crippen LogP) is 1.42. The Balaban J connectivity index is 2.42. The SMILES string of the molecule is C/C(CC(=O)Nc1ccccc1)=N/NC(=O)CC#N. The maximum absolute atomic E-state index is 11.6. The molecule has 19 heavy (non-hydrogen) atoms. The van der Waals surface area contributed by atoms with Gasteiger partial charge in [-0.2, -0.15) is 10.4 Å². The fourth-order valence-electron chi connectivity index (χ4n) is 1.27. The minimum absolute atomic E-state index is 0.0712. The fraction of sp³-hybridized carbons (Fsp3) is 0.231. The van der Waals surface area contributed by atoms with Gasteiger partial charge in [-0.05, 0) is 19.1 Å². The van der Waals surface area contributed by atoms with Crippen LogP contribution < -0.4 is 10.7 Å². The molecular formula is C13H14N4O2. The second-order valence-electron chi connectivity index (χ2n) is 3.81. The van der Waals surface area contributed by atoms with E-state index >= 15 is 0 Å². The first-order valence-corrected chi connectivity index (χ1v) is 5.65. The Morgan fingerprint density at radius 3 is 2.58 bits per heavy atom. The van der Waals surface area contributed by atoms with E-state index in [-0.39, 0.29) is 18.7 Å². The molecule has 2 N–H and O–H groups in total. The number of rotatable bonds is 5. The van der Waals surface area contributed by atoms with Crippen molar-refractivity contribution in [2.45, 2.75) is 19.8 Å². The summed E-state index contributed by atoms with van der Waals surface area (Å²) in [5.41, 5.74) is 3.36. The van der Waals surface area contributed by atoms with Crippen molar-refractivity contribution < 1.29 is 9.59 Å². The molecule has 0 bridgehead atoms. The summed E-state index contributed by atoms with van der Waals surface area (Å²) < 4.78 is 0. The number of carbonyl (C=O) groups is 2. The van der Waals surface area contributed by atoms with Crippen LogP contribution in [0.25, 0.3) is 0 Å². The molecule has 2 amide bonds. The number of hydrogen-bond donors (Lipinski definition) is 2. The number of hydrazone groups is 1. The monoisotopic (exact) mass is 258 g/mol. The number of hydrogen-bond acceptors (Lipinski definition) is 4. The summed E-state index contributed by atoms with van der Waals surface area (Å²) in [6.45, 7) is 1.62. The first kappa shape index (κ1) is 14.4. The van der Waals surface area contributed by atoms with E-state index in [0.717, 1.165) is 0 Å². The lowest BCUT2D eigenvalue weighted by molar-refractivity contribution is -0.120. The molecule has 0 aliphatic heterocycles. The molecule has 6 nitrogen and oxygen atoms in total. The number of anilines is 1. The summed E-state index contributed by atoms with van der Waals surface area (Å²) in [4.78, 5) is 22.6. The van der Waals surface area contributed by atoms with Crippen LogP contribution in [-0.4, -0.2) is 17.5 Å². The van der Waals surface area contributed by atoms with Crippen LogP contribution in [0.3, 0.4) is 0 Å². The first-order valence-electron chi connectivity index (χ1n) is 5.65. The fourth-order valence-corrected chi connectivity index (χ4v) is 1.27. The Bertz CT molecular complexity index is 517. The smallest absolute Gasteiger partial charge is 0.254 e. The van der Waals surface area contributed by atoms with Gasteiger partial charge in [0.15, 0.2) is 0 Å². The summed E-state index contributed by atoms with van der Waals surface area (Å²) in [5.74, 6) is -0.715. The first-order chi connectivity index (χ1) is 9.11. The van der Waals surface area contributed by atoms with Crippen molar-refractivity contribution in [1.82, 2.24) is 5.43 Å². The van der Waals surface area contributed by atoms with Crippen LogP contribution in [-0.2, 0) is 9.59 Å². The molecule has 6 heteroatoms. The van der Waals surface area contributed by atoms with Gasteiger partial charge in [0.05, 0.1) is 12.5 Å². The van der Waals surface area contributed by atoms with E-state index in [0.29, 0.717) is 11.4 Å². The average Bonchev–Trinajstić information content (AvgIpc) is 2.38. The van der Waals surface area contributed by atoms with Gasteiger partial charge in [-0.1, -0.05) is 18.2 Å². The molecular weight excluding hydrogens is 244 g/mol. The third-order valence-corrected chi connectivity index (χ3v) is 2.09. The number of carbonyl (C=O) groups excluding carboxylic acids is 2. The van der Waals surface area contributed by atoms with Gasteiger partial charge in [0.1, 0.15) is 6.42 Å². The van der Waals surface area contributed by atoms with Crippen LogP contribution in [0.4, 0.5) is 5.69 Å². The molecule has 98 valence electrons. The van der Waals surface area contributed by atoms with Crippen molar-refractivity contribution in [1.29, 1.82) is 5.26 Å². The summed E-state index contributed by atoms with van der Waals surface area (Å²) in [7, 11) is 0. The van der Waals surface area contributed by atoms with Gasteiger partial charge in [0, 0.05) is 11.4 Å². The van der Waals surface area contributed by atoms with E-state index < -0.39 is 5.91 Å². The lowest BCUT2D eigenvalue weighted by atomic mass is 10.2. The number of nitrogens with zero attached hydrogens (tertiary/aromatic N) is 2. The molecule has 0 saturated carbocycles. The second kappa shape index (κ2) is 7.61. The van der Waals surface area contributed by atoms with E-state index in [1.165, 1.54) is 0 Å². The van der Waals surface area contributed by atoms with Crippen molar-refractivity contribution in [2.24, 2.45) is 5.10 Å². The largest absolute Gasteiger partial charge is 0.326 e. The van der Waals surface area contributed by atoms with Gasteiger partial charge >= 0.3 is 0 Å². The quantitative estimate of drug-likeness (QED) is 0.617. The molecule has 0 atom stereocenters. The number of benzene rings is 1. The summed E-state index contributed by atoms with van der Waals surface area (Å²) in [6.07, 6.45) is -0.186. The van der Waals surface area contributed by atoms with Gasteiger partial charge in [-0.25, -0.2) is 5.43 Å². The molecule has 0 saturated heterocycles. The van der Waals surface area contributed by atoms with Crippen LogP contribution in [0.1, 0.15) is 19.8 Å². The minimum Gasteiger partial charge on any atom is -0.326 e. The highest BCUT2D eigenvalue weighted by Crippen LogP contribution is 2.05. The Kier molecular flexibility index (Phi) is 5.76. The maximum atomic E-state index is 11.6. The molecule has 1 aromatic rings. The Morgan fingerprint density at radius 1 is 1.26 bits per heavy atom. The minimum atomic E-state index is -0.495. The standard InChI is InChI=1S/C13H14N4O2/c1-10(16-17-12(18)7-8-14)9-13(19)15-11-5-3-2-4-6-11/h2-6H,7,9H2,1H3,(H,15,19)(H,17,18)/b16-10-. The second-order valence-corrected chi connectivity index (χ2v) is 3.81. The van der Waals surface area contributed by atoms with E-state index in [2.05, 4.69) is 15.8 Å². The Hall–Kier alpha value is -2.68. The number of nitriles is 1. The van der Waals surface area contributed by atoms with E-state index in [1.54, 1.807) is 25.1 Å². The molecule has 0 fully saturated rings. The van der Waals surface area contributed by atoms with Gasteiger partial charge in [-0.15, -0.1) is 0 Å². The zero-order chi connectivity index (χ0) is 14.1. The molecule has 1 aromatic carbocycles. The zero-order valence-corrected chi connectivity index (χ0v) is 10.5. The van der Waals surface area contributed by atoms with Gasteiger partial charge in [0.2, 0.25) is 5.91 Å². The third kappa shape index (κ3) is 5.98. The summed E-state index contributed by atoms with van der Waals surface area (Å²) in [5, 5.41) is 14.7. The van der Waals surface area contributed by atoms with Gasteiger partial charge < -0.3 is 5.32 Å². The van der Waals surface area contributed by atoms with Crippen molar-refractivity contribution in [3.05, 3.63) is 30.3 Å². The average molecular weight is 258 g/mol. The van der Waals surface area contributed by atoms with Gasteiger partial charge in [0.25, 0.3) is 5.91 Å². The zero-order valence-electron chi connectivity index (χ0n) is 10.5. The Labute approximate surface area is 111 Å². The topological polar surface area (TPSA) is 94.3 Å². The summed E-state index contributed by atoms with van der Waals surface area (Å²) in [6, 6.07) is 10.7. The lowest BCUT2D eigenvalue weighted by Gasteiger charge is -2.04. The predicted molar refractivity (Wildman–Crippen MR) is 71.2 cm³/mol. The number of amides is 2. The normalized spacial score (nSPS) is 10.4. The highest BCUT2D eigenvalue weighted by atomic mass is 16.2. The van der Waals surface area contributed by atoms with Crippen LogP contribution in [0.5, 0.6) is 0 Å². The van der Waals surface area contributed by atoms with E-state index in [4.69, 9.17) is 5.26 Å². The van der Waals surface area contributed by atoms with Crippen LogP contribution in [0, 0.1) is 11.3 Å². The molecule has 1 rings (SSSR count). The number of para-hydroxylation sites is 1. The molecule has 0 spiro atoms. The van der Waals surface area contributed by atoms with E-state index in [9.17, 15) is 9.59 Å². The van der Waals surface area contributed by atoms with Crippen LogP contribution in [0.15, 0.2) is 35.4 Å². The molecule has 0 heterocycles. The Morgan fingerprint density at radius 2 is 1.95 bits per heavy atom. The third-order valence-electron chi connectivity index (χ3n) is 2.09. The highest BCUT2D eigenvalue weighted by Gasteiger charge is 2.05. The molecule has 0 unspecified atom stereocenters. The van der Waals surface area contributed by atoms with Crippen molar-refractivity contribution in [3.63, 3.8) is 0 Å². The van der Waals surface area contributed by atoms with Crippen LogP contribution >= 0.6 is 0 Å². The maximum Gasteiger partial charge on any atom is 0.254 e. The van der Waals surface area contributed by atoms with Crippen molar-refractivity contribution in [2.75, 3.05) is 5.32 Å². The lowest BCUT2D eigenvalue weighted by Crippen LogP contribution is -2.20. The highest BCUT2D eigenvalue weighted by molar-refractivity contribution is 6.05. The van der Waals surface area contributed by atoms with Crippen molar-refractivity contribution >= 4 is 23.2 Å². The number of nitrogens with one attached hydrogen (secondary N) is 2. The van der Waals surface area contributed by atoms with Gasteiger partial charge in [-0.3, -0.25) is 9.59 Å². The molecule has 0 aromatic heterocycles. The van der Waals surface area contributed by atoms with Crippen molar-refractivity contribution in [3.8, 4) is 6.07 Å². The van der Waals surface area contributed by atoms with Crippen LogP contribution in [0.2, 0.25) is 0 Å². The van der Waals surface area contributed by atoms with E-state index in [1.807, 2.05) is 18.2 Å². The molecule has 0 aliphatic rings.